The molecule has 0 spiro atoms. The number of nitrogens with one attached hydrogen (secondary N) is 1. The molecule has 19 heavy (non-hydrogen) atoms. The van der Waals surface area contributed by atoms with Crippen LogP contribution in [0.15, 0.2) is 0 Å². The minimum atomic E-state index is 0.771. The summed E-state index contributed by atoms with van der Waals surface area (Å²) >= 11 is 1.91. The first-order valence-corrected chi connectivity index (χ1v) is 8.57. The predicted molar refractivity (Wildman–Crippen MR) is 84.1 cm³/mol. The van der Waals surface area contributed by atoms with Crippen LogP contribution in [0, 0.1) is 0 Å². The zero-order chi connectivity index (χ0) is 13.7. The summed E-state index contributed by atoms with van der Waals surface area (Å²) in [6.45, 7) is 9.82. The number of rotatable bonds is 9. The van der Waals surface area contributed by atoms with Gasteiger partial charge >= 0.3 is 0 Å². The van der Waals surface area contributed by atoms with Crippen molar-refractivity contribution >= 4 is 16.5 Å². The fourth-order valence-corrected chi connectivity index (χ4v) is 3.54. The van der Waals surface area contributed by atoms with Gasteiger partial charge in [0.2, 0.25) is 0 Å². The molecule has 0 aromatic carbocycles. The summed E-state index contributed by atoms with van der Waals surface area (Å²) in [4.78, 5) is 8.92. The van der Waals surface area contributed by atoms with E-state index in [4.69, 9.17) is 4.98 Å². The third-order valence-electron chi connectivity index (χ3n) is 3.49. The van der Waals surface area contributed by atoms with Crippen LogP contribution >= 0.6 is 11.3 Å². The van der Waals surface area contributed by atoms with Gasteiger partial charge in [-0.15, -0.1) is 11.3 Å². The van der Waals surface area contributed by atoms with Crippen molar-refractivity contribution < 1.29 is 0 Å². The van der Waals surface area contributed by atoms with Crippen molar-refractivity contribution in [3.05, 3.63) is 10.6 Å². The molecule has 3 nitrogen and oxygen atoms in total. The second-order valence-corrected chi connectivity index (χ2v) is 6.38. The van der Waals surface area contributed by atoms with Gasteiger partial charge in [-0.05, 0) is 32.2 Å². The molecule has 0 atom stereocenters. The quantitative estimate of drug-likeness (QED) is 0.750. The topological polar surface area (TPSA) is 28.2 Å². The van der Waals surface area contributed by atoms with Crippen molar-refractivity contribution in [3.8, 4) is 0 Å². The van der Waals surface area contributed by atoms with Crippen molar-refractivity contribution in [1.29, 1.82) is 0 Å². The van der Waals surface area contributed by atoms with Gasteiger partial charge in [-0.25, -0.2) is 4.98 Å². The van der Waals surface area contributed by atoms with Crippen LogP contribution in [0.5, 0.6) is 0 Å². The number of hydrogen-bond acceptors (Lipinski definition) is 4. The lowest BCUT2D eigenvalue weighted by Gasteiger charge is -2.20. The maximum absolute atomic E-state index is 4.94. The van der Waals surface area contributed by atoms with Gasteiger partial charge in [0.15, 0.2) is 5.13 Å². The van der Waals surface area contributed by atoms with E-state index >= 15 is 0 Å². The lowest BCUT2D eigenvalue weighted by molar-refractivity contribution is 0.721. The Balaban J connectivity index is 2.14. The van der Waals surface area contributed by atoms with Gasteiger partial charge in [0.05, 0.1) is 5.69 Å². The van der Waals surface area contributed by atoms with Crippen molar-refractivity contribution in [2.75, 3.05) is 18.0 Å². The number of aromatic nitrogens is 1. The fraction of sp³-hybridized carbons (Fsp3) is 0.800. The second kappa shape index (κ2) is 7.25. The third kappa shape index (κ3) is 3.93. The van der Waals surface area contributed by atoms with Gasteiger partial charge in [0.25, 0.3) is 0 Å². The van der Waals surface area contributed by atoms with E-state index < -0.39 is 0 Å². The van der Waals surface area contributed by atoms with E-state index in [-0.39, 0.29) is 0 Å². The molecule has 0 bridgehead atoms. The summed E-state index contributed by atoms with van der Waals surface area (Å²) < 4.78 is 0. The predicted octanol–water partition coefficient (Wildman–Crippen LogP) is 3.58. The summed E-state index contributed by atoms with van der Waals surface area (Å²) in [6, 6.07) is 0.771. The van der Waals surface area contributed by atoms with Crippen LogP contribution < -0.4 is 10.2 Å². The van der Waals surface area contributed by atoms with Crippen LogP contribution in [0.3, 0.4) is 0 Å². The summed E-state index contributed by atoms with van der Waals surface area (Å²) in [5.41, 5.74) is 1.32. The number of anilines is 1. The molecule has 1 aromatic heterocycles. The first kappa shape index (κ1) is 14.8. The largest absolute Gasteiger partial charge is 0.345 e. The highest BCUT2D eigenvalue weighted by Crippen LogP contribution is 2.35. The molecule has 0 aliphatic heterocycles. The summed E-state index contributed by atoms with van der Waals surface area (Å²) in [7, 11) is 0. The molecular weight excluding hydrogens is 254 g/mol. The molecule has 1 saturated carbocycles. The summed E-state index contributed by atoms with van der Waals surface area (Å²) in [5.74, 6) is 0. The maximum atomic E-state index is 4.94. The van der Waals surface area contributed by atoms with Gasteiger partial charge in [-0.3, -0.25) is 0 Å². The van der Waals surface area contributed by atoms with E-state index in [1.54, 1.807) is 0 Å². The molecule has 0 saturated heterocycles. The zero-order valence-corrected chi connectivity index (χ0v) is 13.4. The summed E-state index contributed by atoms with van der Waals surface area (Å²) in [5, 5.41) is 4.71. The number of nitrogens with zero attached hydrogens (tertiary/aromatic N) is 2. The first-order valence-electron chi connectivity index (χ1n) is 7.76. The highest BCUT2D eigenvalue weighted by molar-refractivity contribution is 7.15. The van der Waals surface area contributed by atoms with Gasteiger partial charge in [0, 0.05) is 24.0 Å². The summed E-state index contributed by atoms with van der Waals surface area (Å²) in [6.07, 6.45) is 6.21. The third-order valence-corrected chi connectivity index (χ3v) is 4.62. The van der Waals surface area contributed by atoms with E-state index in [0.29, 0.717) is 0 Å². The Bertz CT molecular complexity index is 385. The Morgan fingerprint density at radius 1 is 1.26 bits per heavy atom. The van der Waals surface area contributed by atoms with Gasteiger partial charge in [-0.1, -0.05) is 27.2 Å². The number of aryl methyl sites for hydroxylation is 1. The highest BCUT2D eigenvalue weighted by atomic mass is 32.1. The molecule has 0 unspecified atom stereocenters. The highest BCUT2D eigenvalue weighted by Gasteiger charge is 2.30. The van der Waals surface area contributed by atoms with Crippen LogP contribution in [-0.4, -0.2) is 24.1 Å². The minimum Gasteiger partial charge on any atom is -0.345 e. The van der Waals surface area contributed by atoms with Crippen LogP contribution in [0.4, 0.5) is 5.13 Å². The SMILES string of the molecule is CCCc1nc(N(CCC)C2CC2)sc1CNCC. The van der Waals surface area contributed by atoms with Crippen molar-refractivity contribution in [3.63, 3.8) is 0 Å². The Morgan fingerprint density at radius 2 is 2.05 bits per heavy atom. The molecule has 1 heterocycles. The molecular formula is C15H27N3S. The lowest BCUT2D eigenvalue weighted by Crippen LogP contribution is -2.26. The smallest absolute Gasteiger partial charge is 0.186 e. The van der Waals surface area contributed by atoms with E-state index in [1.165, 1.54) is 41.4 Å². The molecule has 1 fully saturated rings. The molecule has 1 aliphatic rings. The van der Waals surface area contributed by atoms with Crippen LogP contribution in [0.1, 0.15) is 57.0 Å². The second-order valence-electron chi connectivity index (χ2n) is 5.32. The lowest BCUT2D eigenvalue weighted by atomic mass is 10.2. The van der Waals surface area contributed by atoms with E-state index in [2.05, 4.69) is 31.0 Å². The molecule has 2 rings (SSSR count). The molecule has 1 aromatic rings. The maximum Gasteiger partial charge on any atom is 0.186 e. The Labute approximate surface area is 121 Å². The average Bonchev–Trinajstić information content (AvgIpc) is 3.17. The van der Waals surface area contributed by atoms with Crippen molar-refractivity contribution in [2.24, 2.45) is 0 Å². The van der Waals surface area contributed by atoms with Crippen LogP contribution in [0.2, 0.25) is 0 Å². The fourth-order valence-electron chi connectivity index (χ4n) is 2.36. The molecule has 1 N–H and O–H groups in total. The Kier molecular flexibility index (Phi) is 5.64. The molecule has 0 amide bonds. The number of hydrogen-bond donors (Lipinski definition) is 1. The van der Waals surface area contributed by atoms with Crippen molar-refractivity contribution in [2.45, 2.75) is 65.5 Å². The zero-order valence-electron chi connectivity index (χ0n) is 12.5. The minimum absolute atomic E-state index is 0.771. The van der Waals surface area contributed by atoms with Gasteiger partial charge in [-0.2, -0.15) is 0 Å². The van der Waals surface area contributed by atoms with Crippen molar-refractivity contribution in [1.82, 2.24) is 10.3 Å². The standard InChI is InChI=1S/C15H27N3S/c1-4-7-13-14(11-16-6-3)19-15(17-13)18(10-5-2)12-8-9-12/h12,16H,4-11H2,1-3H3. The van der Waals surface area contributed by atoms with E-state index in [9.17, 15) is 0 Å². The van der Waals surface area contributed by atoms with Crippen LogP contribution in [0.25, 0.3) is 0 Å². The molecule has 4 heteroatoms. The normalized spacial score (nSPS) is 14.9. The average molecular weight is 281 g/mol. The molecule has 0 radical (unpaired) electrons. The Hall–Kier alpha value is -0.610. The van der Waals surface area contributed by atoms with Crippen LogP contribution in [-0.2, 0) is 13.0 Å². The van der Waals surface area contributed by atoms with Gasteiger partial charge in [0.1, 0.15) is 0 Å². The molecule has 108 valence electrons. The molecule has 1 aliphatic carbocycles. The Morgan fingerprint density at radius 3 is 2.63 bits per heavy atom. The van der Waals surface area contributed by atoms with E-state index in [1.807, 2.05) is 11.3 Å². The number of thiazole rings is 1. The first-order chi connectivity index (χ1) is 9.30. The monoisotopic (exact) mass is 281 g/mol. The van der Waals surface area contributed by atoms with E-state index in [0.717, 1.165) is 32.1 Å². The van der Waals surface area contributed by atoms with Gasteiger partial charge < -0.3 is 10.2 Å².